The number of amides is 2. The van der Waals surface area contributed by atoms with Crippen molar-refractivity contribution < 1.29 is 9.59 Å². The Balaban J connectivity index is 1.51. The van der Waals surface area contributed by atoms with E-state index in [1.165, 1.54) is 27.7 Å². The number of nitrogens with zero attached hydrogens (tertiary/aromatic N) is 3. The van der Waals surface area contributed by atoms with Gasteiger partial charge in [0.05, 0.1) is 6.54 Å². The number of hydrogen-bond donors (Lipinski definition) is 0. The third-order valence-corrected chi connectivity index (χ3v) is 5.66. The average molecular weight is 379 g/mol. The highest BCUT2D eigenvalue weighted by molar-refractivity contribution is 7.07. The number of benzene rings is 2. The number of rotatable bonds is 5. The zero-order valence-electron chi connectivity index (χ0n) is 15.0. The van der Waals surface area contributed by atoms with Gasteiger partial charge in [0.15, 0.2) is 4.80 Å². The molecule has 27 heavy (non-hydrogen) atoms. The van der Waals surface area contributed by atoms with Crippen LogP contribution in [-0.2, 0) is 16.1 Å². The minimum Gasteiger partial charge on any atom is -0.342 e. The molecule has 2 amide bonds. The molecular weight excluding hydrogens is 358 g/mol. The minimum atomic E-state index is -0.177. The monoisotopic (exact) mass is 379 g/mol. The Morgan fingerprint density at radius 2 is 2.00 bits per heavy atom. The maximum absolute atomic E-state index is 12.3. The smallest absolute Gasteiger partial charge is 0.250 e. The van der Waals surface area contributed by atoms with Gasteiger partial charge in [-0.3, -0.25) is 9.59 Å². The van der Waals surface area contributed by atoms with E-state index >= 15 is 0 Å². The Morgan fingerprint density at radius 3 is 2.85 bits per heavy atom. The first-order chi connectivity index (χ1) is 13.2. The highest BCUT2D eigenvalue weighted by atomic mass is 32.1. The summed E-state index contributed by atoms with van der Waals surface area (Å²) in [6.45, 7) is 1.89. The molecule has 0 N–H and O–H groups in total. The molecule has 1 saturated heterocycles. The van der Waals surface area contributed by atoms with Gasteiger partial charge >= 0.3 is 0 Å². The van der Waals surface area contributed by atoms with Gasteiger partial charge in [-0.2, -0.15) is 4.99 Å². The van der Waals surface area contributed by atoms with Gasteiger partial charge in [0.25, 0.3) is 0 Å². The van der Waals surface area contributed by atoms with Gasteiger partial charge in [-0.1, -0.05) is 42.5 Å². The largest absolute Gasteiger partial charge is 0.342 e. The van der Waals surface area contributed by atoms with Crippen LogP contribution in [0.4, 0.5) is 0 Å². The van der Waals surface area contributed by atoms with Gasteiger partial charge in [0.1, 0.15) is 0 Å². The first kappa shape index (κ1) is 17.7. The molecule has 0 bridgehead atoms. The predicted octanol–water partition coefficient (Wildman–Crippen LogP) is 3.19. The molecule has 0 atom stereocenters. The maximum Gasteiger partial charge on any atom is 0.250 e. The summed E-state index contributed by atoms with van der Waals surface area (Å²) >= 11 is 1.46. The Kier molecular flexibility index (Phi) is 5.16. The van der Waals surface area contributed by atoms with Crippen molar-refractivity contribution in [3.8, 4) is 0 Å². The van der Waals surface area contributed by atoms with E-state index in [-0.39, 0.29) is 18.2 Å². The number of carbonyl (C=O) groups is 2. The van der Waals surface area contributed by atoms with E-state index < -0.39 is 0 Å². The number of fused-ring (bicyclic) bond motifs is 1. The number of likely N-dealkylation sites (tertiary alicyclic amines) is 1. The summed E-state index contributed by atoms with van der Waals surface area (Å²) in [5.74, 6) is -0.0336. The van der Waals surface area contributed by atoms with Crippen molar-refractivity contribution >= 4 is 33.9 Å². The summed E-state index contributed by atoms with van der Waals surface area (Å²) in [6.07, 6.45) is 3.72. The second-order valence-corrected chi connectivity index (χ2v) is 7.56. The molecule has 3 aromatic rings. The lowest BCUT2D eigenvalue weighted by Gasteiger charge is -2.13. The molecule has 0 saturated carbocycles. The van der Waals surface area contributed by atoms with Crippen molar-refractivity contribution in [2.24, 2.45) is 4.99 Å². The lowest BCUT2D eigenvalue weighted by atomic mass is 10.0. The standard InChI is InChI=1S/C21H21N3O2S/c25-19(10-12-23-11-4-9-20(23)26)22-21-24(13-14-27-21)15-17-7-3-6-16-5-1-2-8-18(16)17/h1-3,5-8,13-14H,4,9-12,15H2. The number of carbonyl (C=O) groups excluding carboxylic acids is 2. The minimum absolute atomic E-state index is 0.143. The second kappa shape index (κ2) is 7.88. The van der Waals surface area contributed by atoms with Crippen molar-refractivity contribution in [3.05, 3.63) is 64.4 Å². The molecule has 1 aliphatic rings. The summed E-state index contributed by atoms with van der Waals surface area (Å²) in [5.41, 5.74) is 1.20. The topological polar surface area (TPSA) is 54.7 Å². The summed E-state index contributed by atoms with van der Waals surface area (Å²) < 4.78 is 2.01. The van der Waals surface area contributed by atoms with Crippen molar-refractivity contribution in [3.63, 3.8) is 0 Å². The third kappa shape index (κ3) is 4.01. The molecule has 1 aliphatic heterocycles. The second-order valence-electron chi connectivity index (χ2n) is 6.69. The van der Waals surface area contributed by atoms with E-state index in [1.807, 2.05) is 28.3 Å². The van der Waals surface area contributed by atoms with Crippen molar-refractivity contribution in [1.82, 2.24) is 9.47 Å². The van der Waals surface area contributed by atoms with Crippen LogP contribution < -0.4 is 4.80 Å². The lowest BCUT2D eigenvalue weighted by molar-refractivity contribution is -0.128. The average Bonchev–Trinajstić information content (AvgIpc) is 3.29. The molecule has 138 valence electrons. The zero-order valence-corrected chi connectivity index (χ0v) is 15.8. The molecule has 6 heteroatoms. The van der Waals surface area contributed by atoms with Crippen molar-refractivity contribution in [2.45, 2.75) is 25.8 Å². The van der Waals surface area contributed by atoms with E-state index in [0.717, 1.165) is 13.0 Å². The summed E-state index contributed by atoms with van der Waals surface area (Å²) in [7, 11) is 0. The predicted molar refractivity (Wildman–Crippen MR) is 106 cm³/mol. The normalized spacial score (nSPS) is 15.0. The van der Waals surface area contributed by atoms with Crippen LogP contribution in [0.1, 0.15) is 24.8 Å². The van der Waals surface area contributed by atoms with Gasteiger partial charge in [-0.15, -0.1) is 11.3 Å². The summed E-state index contributed by atoms with van der Waals surface area (Å²) in [6, 6.07) is 14.6. The van der Waals surface area contributed by atoms with E-state index in [0.29, 0.717) is 24.3 Å². The highest BCUT2D eigenvalue weighted by Crippen LogP contribution is 2.19. The van der Waals surface area contributed by atoms with Crippen LogP contribution in [0.3, 0.4) is 0 Å². The van der Waals surface area contributed by atoms with E-state index in [4.69, 9.17) is 0 Å². The molecule has 2 aromatic carbocycles. The number of hydrogen-bond acceptors (Lipinski definition) is 3. The Morgan fingerprint density at radius 1 is 1.15 bits per heavy atom. The molecule has 5 nitrogen and oxygen atoms in total. The molecule has 1 fully saturated rings. The van der Waals surface area contributed by atoms with Crippen molar-refractivity contribution in [2.75, 3.05) is 13.1 Å². The number of thiazole rings is 1. The first-order valence-electron chi connectivity index (χ1n) is 9.16. The van der Waals surface area contributed by atoms with Gasteiger partial charge < -0.3 is 9.47 Å². The molecule has 0 spiro atoms. The molecule has 0 unspecified atom stereocenters. The fourth-order valence-electron chi connectivity index (χ4n) is 3.45. The first-order valence-corrected chi connectivity index (χ1v) is 10.0. The van der Waals surface area contributed by atoms with Crippen LogP contribution in [0, 0.1) is 0 Å². The van der Waals surface area contributed by atoms with Crippen LogP contribution >= 0.6 is 11.3 Å². The van der Waals surface area contributed by atoms with E-state index in [1.54, 1.807) is 4.90 Å². The molecule has 4 rings (SSSR count). The molecule has 2 heterocycles. The van der Waals surface area contributed by atoms with Gasteiger partial charge in [-0.05, 0) is 22.8 Å². The van der Waals surface area contributed by atoms with Crippen molar-refractivity contribution in [1.29, 1.82) is 0 Å². The maximum atomic E-state index is 12.3. The summed E-state index contributed by atoms with van der Waals surface area (Å²) in [4.78, 5) is 30.7. The molecule has 1 aromatic heterocycles. The van der Waals surface area contributed by atoms with Crippen LogP contribution in [0.15, 0.2) is 59.0 Å². The fourth-order valence-corrected chi connectivity index (χ4v) is 4.20. The van der Waals surface area contributed by atoms with Gasteiger partial charge in [0.2, 0.25) is 11.8 Å². The molecule has 0 aliphatic carbocycles. The Bertz CT molecular complexity index is 1050. The lowest BCUT2D eigenvalue weighted by Crippen LogP contribution is -2.27. The van der Waals surface area contributed by atoms with E-state index in [2.05, 4.69) is 35.3 Å². The van der Waals surface area contributed by atoms with Gasteiger partial charge in [0, 0.05) is 37.5 Å². The molecular formula is C21H21N3O2S. The SMILES string of the molecule is O=C(CCN1CCCC1=O)N=c1sccn1Cc1cccc2ccccc12. The fraction of sp³-hybridized carbons (Fsp3) is 0.286. The highest BCUT2D eigenvalue weighted by Gasteiger charge is 2.20. The molecule has 0 radical (unpaired) electrons. The third-order valence-electron chi connectivity index (χ3n) is 4.87. The summed E-state index contributed by atoms with van der Waals surface area (Å²) in [5, 5.41) is 4.36. The van der Waals surface area contributed by atoms with Gasteiger partial charge in [-0.25, -0.2) is 0 Å². The zero-order chi connectivity index (χ0) is 18.6. The van der Waals surface area contributed by atoms with Crippen LogP contribution in [0.5, 0.6) is 0 Å². The number of aromatic nitrogens is 1. The van der Waals surface area contributed by atoms with Crippen LogP contribution in [0.25, 0.3) is 10.8 Å². The van der Waals surface area contributed by atoms with E-state index in [9.17, 15) is 9.59 Å². The Labute approximate surface area is 161 Å². The van der Waals surface area contributed by atoms with Crippen LogP contribution in [-0.4, -0.2) is 34.4 Å². The van der Waals surface area contributed by atoms with Crippen LogP contribution in [0.2, 0.25) is 0 Å². The quantitative estimate of drug-likeness (QED) is 0.684. The Hall–Kier alpha value is -2.73.